The third-order valence-electron chi connectivity index (χ3n) is 4.12. The first-order valence-corrected chi connectivity index (χ1v) is 7.64. The first-order valence-electron chi connectivity index (χ1n) is 7.26. The van der Waals surface area contributed by atoms with Crippen molar-refractivity contribution >= 4 is 11.6 Å². The maximum Gasteiger partial charge on any atom is 0.0869 e. The third-order valence-corrected chi connectivity index (χ3v) is 4.49. The molecule has 0 spiro atoms. The molecule has 1 aromatic heterocycles. The van der Waals surface area contributed by atoms with E-state index in [-0.39, 0.29) is 6.61 Å². The summed E-state index contributed by atoms with van der Waals surface area (Å²) in [4.78, 5) is 0. The summed E-state index contributed by atoms with van der Waals surface area (Å²) in [5.74, 6) is 0. The molecule has 0 aliphatic heterocycles. The summed E-state index contributed by atoms with van der Waals surface area (Å²) in [5.41, 5.74) is 1.47. The minimum atomic E-state index is -0.525. The maximum absolute atomic E-state index is 10.1. The van der Waals surface area contributed by atoms with Gasteiger partial charge in [0.2, 0.25) is 0 Å². The molecule has 1 fully saturated rings. The topological polar surface area (TPSA) is 50.1 Å². The van der Waals surface area contributed by atoms with E-state index in [1.165, 1.54) is 0 Å². The molecule has 1 aliphatic rings. The van der Waals surface area contributed by atoms with Crippen molar-refractivity contribution in [2.24, 2.45) is 0 Å². The Morgan fingerprint density at radius 3 is 2.62 bits per heavy atom. The fourth-order valence-electron chi connectivity index (χ4n) is 2.62. The Bertz CT molecular complexity index is 609. The fourth-order valence-corrected chi connectivity index (χ4v) is 2.76. The molecule has 112 valence electrons. The van der Waals surface area contributed by atoms with Gasteiger partial charge in [0.15, 0.2) is 0 Å². The van der Waals surface area contributed by atoms with Gasteiger partial charge in [0.25, 0.3) is 0 Å². The normalized spacial score (nSPS) is 17.7. The molecule has 0 amide bonds. The highest BCUT2D eigenvalue weighted by atomic mass is 35.5. The second kappa shape index (κ2) is 5.79. The predicted octanol–water partition coefficient (Wildman–Crippen LogP) is 2.48. The molecule has 2 aromatic rings. The summed E-state index contributed by atoms with van der Waals surface area (Å²) in [7, 11) is 0. The molecular formula is C16H20ClN3O. The van der Waals surface area contributed by atoms with Crippen molar-refractivity contribution in [3.05, 3.63) is 52.8 Å². The first kappa shape index (κ1) is 14.6. The summed E-state index contributed by atoms with van der Waals surface area (Å²) in [6.45, 7) is 2.52. The molecule has 1 atom stereocenters. The average molecular weight is 306 g/mol. The summed E-state index contributed by atoms with van der Waals surface area (Å²) in [6, 6.07) is 10.6. The van der Waals surface area contributed by atoms with Gasteiger partial charge in [-0.15, -0.1) is 0 Å². The molecule has 2 N–H and O–H groups in total. The van der Waals surface area contributed by atoms with Gasteiger partial charge in [0, 0.05) is 6.04 Å². The van der Waals surface area contributed by atoms with E-state index in [0.29, 0.717) is 17.6 Å². The van der Waals surface area contributed by atoms with E-state index in [9.17, 15) is 5.11 Å². The summed E-state index contributed by atoms with van der Waals surface area (Å²) < 4.78 is 1.86. The second-order valence-electron chi connectivity index (χ2n) is 5.76. The zero-order chi connectivity index (χ0) is 14.9. The predicted molar refractivity (Wildman–Crippen MR) is 83.3 cm³/mol. The van der Waals surface area contributed by atoms with E-state index in [2.05, 4.69) is 10.4 Å². The number of nitrogens with zero attached hydrogens (tertiary/aromatic N) is 2. The molecule has 1 heterocycles. The molecule has 1 unspecified atom stereocenters. The van der Waals surface area contributed by atoms with Crippen molar-refractivity contribution in [3.8, 4) is 0 Å². The van der Waals surface area contributed by atoms with Crippen molar-refractivity contribution < 1.29 is 5.11 Å². The Balaban J connectivity index is 1.96. The van der Waals surface area contributed by atoms with Crippen LogP contribution in [0.1, 0.15) is 24.1 Å². The Morgan fingerprint density at radius 1 is 1.38 bits per heavy atom. The van der Waals surface area contributed by atoms with E-state index >= 15 is 0 Å². The number of hydrogen-bond donors (Lipinski definition) is 2. The average Bonchev–Trinajstić information content (AvgIpc) is 3.28. The number of hydrogen-bond acceptors (Lipinski definition) is 3. The number of nitrogens with one attached hydrogen (secondary N) is 1. The highest BCUT2D eigenvalue weighted by Gasteiger charge is 2.38. The van der Waals surface area contributed by atoms with Gasteiger partial charge in [-0.25, -0.2) is 0 Å². The molecule has 1 aromatic carbocycles. The van der Waals surface area contributed by atoms with Crippen LogP contribution in [0.2, 0.25) is 5.02 Å². The van der Waals surface area contributed by atoms with Crippen LogP contribution in [0.3, 0.4) is 0 Å². The van der Waals surface area contributed by atoms with E-state index in [1.54, 1.807) is 6.20 Å². The van der Waals surface area contributed by atoms with Crippen molar-refractivity contribution in [2.75, 3.05) is 6.61 Å². The van der Waals surface area contributed by atoms with E-state index in [4.69, 9.17) is 11.6 Å². The van der Waals surface area contributed by atoms with Crippen molar-refractivity contribution in [3.63, 3.8) is 0 Å². The SMILES string of the molecule is Cc1c(Cl)cnn1CC(CO)(NC1CC1)c1ccccc1. The van der Waals surface area contributed by atoms with E-state index in [0.717, 1.165) is 24.1 Å². The highest BCUT2D eigenvalue weighted by Crippen LogP contribution is 2.30. The van der Waals surface area contributed by atoms with Crippen molar-refractivity contribution in [1.82, 2.24) is 15.1 Å². The second-order valence-corrected chi connectivity index (χ2v) is 6.17. The third kappa shape index (κ3) is 2.98. The summed E-state index contributed by atoms with van der Waals surface area (Å²) in [5, 5.41) is 18.7. The molecule has 1 saturated carbocycles. The number of aliphatic hydroxyl groups excluding tert-OH is 1. The van der Waals surface area contributed by atoms with Crippen LogP contribution in [0, 0.1) is 6.92 Å². The molecule has 0 saturated heterocycles. The summed E-state index contributed by atoms with van der Waals surface area (Å²) in [6.07, 6.45) is 3.97. The number of aromatic nitrogens is 2. The van der Waals surface area contributed by atoms with Gasteiger partial charge < -0.3 is 10.4 Å². The van der Waals surface area contributed by atoms with Gasteiger partial charge in [-0.3, -0.25) is 4.68 Å². The molecule has 4 nitrogen and oxygen atoms in total. The lowest BCUT2D eigenvalue weighted by Crippen LogP contribution is -2.50. The van der Waals surface area contributed by atoms with Crippen molar-refractivity contribution in [2.45, 2.75) is 37.9 Å². The van der Waals surface area contributed by atoms with Crippen LogP contribution >= 0.6 is 11.6 Å². The highest BCUT2D eigenvalue weighted by molar-refractivity contribution is 6.31. The van der Waals surface area contributed by atoms with Crippen LogP contribution < -0.4 is 5.32 Å². The number of benzene rings is 1. The first-order chi connectivity index (χ1) is 10.1. The minimum Gasteiger partial charge on any atom is -0.394 e. The maximum atomic E-state index is 10.1. The van der Waals surface area contributed by atoms with E-state index < -0.39 is 5.54 Å². The Hall–Kier alpha value is -1.36. The Morgan fingerprint density at radius 2 is 2.10 bits per heavy atom. The lowest BCUT2D eigenvalue weighted by Gasteiger charge is -2.34. The molecule has 1 aliphatic carbocycles. The molecule has 0 radical (unpaired) electrons. The molecule has 5 heteroatoms. The number of halogens is 1. The zero-order valence-electron chi connectivity index (χ0n) is 12.1. The Labute approximate surface area is 129 Å². The lowest BCUT2D eigenvalue weighted by atomic mass is 9.90. The van der Waals surface area contributed by atoms with Crippen LogP contribution in [0.15, 0.2) is 36.5 Å². The lowest BCUT2D eigenvalue weighted by molar-refractivity contribution is 0.135. The van der Waals surface area contributed by atoms with Crippen LogP contribution in [0.4, 0.5) is 0 Å². The van der Waals surface area contributed by atoms with Gasteiger partial charge in [-0.2, -0.15) is 5.10 Å². The van der Waals surface area contributed by atoms with Gasteiger partial charge >= 0.3 is 0 Å². The Kier molecular flexibility index (Phi) is 4.02. The quantitative estimate of drug-likeness (QED) is 0.862. The minimum absolute atomic E-state index is 0.0183. The number of rotatable bonds is 6. The van der Waals surface area contributed by atoms with Crippen LogP contribution in [-0.4, -0.2) is 27.5 Å². The fraction of sp³-hybridized carbons (Fsp3) is 0.438. The van der Waals surface area contributed by atoms with Crippen LogP contribution in [0.25, 0.3) is 0 Å². The van der Waals surface area contributed by atoms with Gasteiger partial charge in [0.05, 0.1) is 35.6 Å². The number of aliphatic hydroxyl groups is 1. The summed E-state index contributed by atoms with van der Waals surface area (Å²) >= 11 is 6.10. The zero-order valence-corrected chi connectivity index (χ0v) is 12.8. The van der Waals surface area contributed by atoms with Gasteiger partial charge in [0.1, 0.15) is 0 Å². The standard InChI is InChI=1S/C16H20ClN3O/c1-12-15(17)9-18-20(12)10-16(11-21,19-14-7-8-14)13-5-3-2-4-6-13/h2-6,9,14,19,21H,7-8,10-11H2,1H3. The molecular weight excluding hydrogens is 286 g/mol. The monoisotopic (exact) mass is 305 g/mol. The van der Waals surface area contributed by atoms with Gasteiger partial charge in [-0.05, 0) is 25.3 Å². The van der Waals surface area contributed by atoms with E-state index in [1.807, 2.05) is 41.9 Å². The van der Waals surface area contributed by atoms with Crippen LogP contribution in [0.5, 0.6) is 0 Å². The molecule has 3 rings (SSSR count). The largest absolute Gasteiger partial charge is 0.394 e. The van der Waals surface area contributed by atoms with Crippen molar-refractivity contribution in [1.29, 1.82) is 0 Å². The van der Waals surface area contributed by atoms with Crippen LogP contribution in [-0.2, 0) is 12.1 Å². The molecule has 21 heavy (non-hydrogen) atoms. The van der Waals surface area contributed by atoms with Gasteiger partial charge in [-0.1, -0.05) is 41.9 Å². The smallest absolute Gasteiger partial charge is 0.0869 e. The molecule has 0 bridgehead atoms.